The molecule has 1 rings (SSSR count). The Hall–Kier alpha value is -1.07. The predicted molar refractivity (Wildman–Crippen MR) is 83.2 cm³/mol. The summed E-state index contributed by atoms with van der Waals surface area (Å²) >= 11 is 1.73. The first-order valence-corrected chi connectivity index (χ1v) is 7.67. The van der Waals surface area contributed by atoms with Crippen molar-refractivity contribution < 1.29 is 4.74 Å². The summed E-state index contributed by atoms with van der Waals surface area (Å²) in [5.41, 5.74) is 1.36. The van der Waals surface area contributed by atoms with Gasteiger partial charge < -0.3 is 15.4 Å². The number of thiophene rings is 1. The summed E-state index contributed by atoms with van der Waals surface area (Å²) in [6.45, 7) is 8.67. The number of methoxy groups -OCH3 is 1. The maximum atomic E-state index is 5.12. The molecule has 0 bridgehead atoms. The second-order valence-corrected chi connectivity index (χ2v) is 5.46. The van der Waals surface area contributed by atoms with Gasteiger partial charge >= 0.3 is 0 Å². The van der Waals surface area contributed by atoms with Gasteiger partial charge in [0.1, 0.15) is 0 Å². The molecule has 0 spiro atoms. The number of hydrogen-bond donors (Lipinski definition) is 2. The van der Waals surface area contributed by atoms with Crippen LogP contribution in [0.3, 0.4) is 0 Å². The van der Waals surface area contributed by atoms with E-state index in [-0.39, 0.29) is 6.04 Å². The number of aliphatic imine (C=N–C) groups is 1. The first-order valence-electron chi connectivity index (χ1n) is 6.73. The van der Waals surface area contributed by atoms with Gasteiger partial charge in [-0.25, -0.2) is 0 Å². The average molecular weight is 283 g/mol. The van der Waals surface area contributed by atoms with E-state index in [9.17, 15) is 0 Å². The minimum absolute atomic E-state index is 0.249. The minimum Gasteiger partial charge on any atom is -0.383 e. The first-order chi connectivity index (χ1) is 9.17. The third kappa shape index (κ3) is 6.07. The first kappa shape index (κ1) is 16.0. The van der Waals surface area contributed by atoms with Gasteiger partial charge in [-0.2, -0.15) is 11.3 Å². The molecule has 1 aromatic rings. The number of nitrogens with one attached hydrogen (secondary N) is 2. The van der Waals surface area contributed by atoms with Gasteiger partial charge in [-0.15, -0.1) is 0 Å². The highest BCUT2D eigenvalue weighted by atomic mass is 32.1. The van der Waals surface area contributed by atoms with Gasteiger partial charge in [0.15, 0.2) is 5.96 Å². The fourth-order valence-electron chi connectivity index (χ4n) is 1.73. The number of ether oxygens (including phenoxy) is 1. The molecule has 108 valence electrons. The lowest BCUT2D eigenvalue weighted by Gasteiger charge is -2.17. The zero-order valence-corrected chi connectivity index (χ0v) is 13.1. The molecule has 2 N–H and O–H groups in total. The number of nitrogens with zero attached hydrogens (tertiary/aromatic N) is 1. The van der Waals surface area contributed by atoms with Gasteiger partial charge in [-0.3, -0.25) is 4.99 Å². The van der Waals surface area contributed by atoms with Gasteiger partial charge in [-0.1, -0.05) is 6.92 Å². The van der Waals surface area contributed by atoms with E-state index in [4.69, 9.17) is 4.74 Å². The van der Waals surface area contributed by atoms with Gasteiger partial charge in [0.05, 0.1) is 6.61 Å². The Morgan fingerprint density at radius 2 is 2.26 bits per heavy atom. The van der Waals surface area contributed by atoms with Crippen molar-refractivity contribution in [1.29, 1.82) is 0 Å². The van der Waals surface area contributed by atoms with E-state index in [1.165, 1.54) is 5.56 Å². The molecule has 0 saturated carbocycles. The minimum atomic E-state index is 0.249. The van der Waals surface area contributed by atoms with Crippen molar-refractivity contribution in [3.8, 4) is 0 Å². The lowest BCUT2D eigenvalue weighted by Crippen LogP contribution is -2.44. The summed E-state index contributed by atoms with van der Waals surface area (Å²) in [4.78, 5) is 4.64. The Kier molecular flexibility index (Phi) is 7.52. The van der Waals surface area contributed by atoms with E-state index in [0.29, 0.717) is 12.5 Å². The van der Waals surface area contributed by atoms with Crippen LogP contribution < -0.4 is 10.6 Å². The Morgan fingerprint density at radius 1 is 1.47 bits per heavy atom. The SMILES string of the molecule is CCNC(=NCC(C)c1ccsc1)NC(C)COC. The maximum Gasteiger partial charge on any atom is 0.191 e. The molecule has 0 aromatic carbocycles. The summed E-state index contributed by atoms with van der Waals surface area (Å²) in [6, 6.07) is 2.41. The molecule has 2 unspecified atom stereocenters. The zero-order valence-electron chi connectivity index (χ0n) is 12.3. The van der Waals surface area contributed by atoms with E-state index in [1.54, 1.807) is 18.4 Å². The molecule has 0 radical (unpaired) electrons. The molecule has 0 aliphatic carbocycles. The van der Waals surface area contributed by atoms with Crippen LogP contribution in [0, 0.1) is 0 Å². The summed E-state index contributed by atoms with van der Waals surface area (Å²) < 4.78 is 5.12. The van der Waals surface area contributed by atoms with Crippen molar-refractivity contribution >= 4 is 17.3 Å². The van der Waals surface area contributed by atoms with E-state index in [0.717, 1.165) is 19.0 Å². The fraction of sp³-hybridized carbons (Fsp3) is 0.643. The third-order valence-electron chi connectivity index (χ3n) is 2.78. The van der Waals surface area contributed by atoms with Gasteiger partial charge in [0.2, 0.25) is 0 Å². The molecule has 2 atom stereocenters. The van der Waals surface area contributed by atoms with Crippen LogP contribution in [0.1, 0.15) is 32.3 Å². The molecule has 1 heterocycles. The lowest BCUT2D eigenvalue weighted by atomic mass is 10.1. The normalized spacial score (nSPS) is 15.1. The standard InChI is InChI=1S/C14H25N3OS/c1-5-15-14(17-12(3)9-18-4)16-8-11(2)13-6-7-19-10-13/h6-7,10-12H,5,8-9H2,1-4H3,(H2,15,16,17). The number of rotatable bonds is 7. The highest BCUT2D eigenvalue weighted by Crippen LogP contribution is 2.18. The van der Waals surface area contributed by atoms with Gasteiger partial charge in [0, 0.05) is 32.2 Å². The van der Waals surface area contributed by atoms with E-state index in [1.807, 2.05) is 0 Å². The second-order valence-electron chi connectivity index (χ2n) is 4.68. The van der Waals surface area contributed by atoms with Crippen molar-refractivity contribution in [3.05, 3.63) is 22.4 Å². The fourth-order valence-corrected chi connectivity index (χ4v) is 2.52. The summed E-state index contributed by atoms with van der Waals surface area (Å²) in [7, 11) is 1.71. The molecule has 0 saturated heterocycles. The van der Waals surface area contributed by atoms with E-state index < -0.39 is 0 Å². The van der Waals surface area contributed by atoms with Crippen LogP contribution in [0.5, 0.6) is 0 Å². The van der Waals surface area contributed by atoms with E-state index in [2.05, 4.69) is 53.2 Å². The highest BCUT2D eigenvalue weighted by Gasteiger charge is 2.07. The van der Waals surface area contributed by atoms with E-state index >= 15 is 0 Å². The van der Waals surface area contributed by atoms with Crippen molar-refractivity contribution in [2.24, 2.45) is 4.99 Å². The molecule has 5 heteroatoms. The van der Waals surface area contributed by atoms with Crippen LogP contribution in [0.2, 0.25) is 0 Å². The summed E-state index contributed by atoms with van der Waals surface area (Å²) in [6.07, 6.45) is 0. The van der Waals surface area contributed by atoms with Crippen LogP contribution in [-0.2, 0) is 4.74 Å². The van der Waals surface area contributed by atoms with Crippen LogP contribution in [0.4, 0.5) is 0 Å². The largest absolute Gasteiger partial charge is 0.383 e. The topological polar surface area (TPSA) is 45.7 Å². The maximum absolute atomic E-state index is 5.12. The molecule has 0 fully saturated rings. The van der Waals surface area contributed by atoms with Crippen LogP contribution in [0.25, 0.3) is 0 Å². The molecule has 1 aromatic heterocycles. The summed E-state index contributed by atoms with van der Waals surface area (Å²) in [5, 5.41) is 10.9. The van der Waals surface area contributed by atoms with Crippen molar-refractivity contribution in [3.63, 3.8) is 0 Å². The molecule has 0 aliphatic rings. The van der Waals surface area contributed by atoms with Crippen LogP contribution >= 0.6 is 11.3 Å². The van der Waals surface area contributed by atoms with Crippen LogP contribution in [-0.4, -0.2) is 38.8 Å². The third-order valence-corrected chi connectivity index (χ3v) is 3.48. The van der Waals surface area contributed by atoms with Gasteiger partial charge in [0.25, 0.3) is 0 Å². The molecule has 4 nitrogen and oxygen atoms in total. The van der Waals surface area contributed by atoms with Gasteiger partial charge in [-0.05, 0) is 36.2 Å². The Morgan fingerprint density at radius 3 is 2.84 bits per heavy atom. The number of guanidine groups is 1. The molecule has 0 amide bonds. The Labute approximate surface area is 120 Å². The monoisotopic (exact) mass is 283 g/mol. The smallest absolute Gasteiger partial charge is 0.191 e. The molecule has 19 heavy (non-hydrogen) atoms. The summed E-state index contributed by atoms with van der Waals surface area (Å²) in [5.74, 6) is 1.30. The van der Waals surface area contributed by atoms with Crippen molar-refractivity contribution in [2.45, 2.75) is 32.7 Å². The second kappa shape index (κ2) is 8.93. The quantitative estimate of drug-likeness (QED) is 0.597. The lowest BCUT2D eigenvalue weighted by molar-refractivity contribution is 0.179. The van der Waals surface area contributed by atoms with Crippen molar-refractivity contribution in [2.75, 3.05) is 26.8 Å². The highest BCUT2D eigenvalue weighted by molar-refractivity contribution is 7.07. The zero-order chi connectivity index (χ0) is 14.1. The van der Waals surface area contributed by atoms with Crippen LogP contribution in [0.15, 0.2) is 21.8 Å². The number of hydrogen-bond acceptors (Lipinski definition) is 3. The molecule has 0 aliphatic heterocycles. The molecular weight excluding hydrogens is 258 g/mol. The molecular formula is C14H25N3OS. The predicted octanol–water partition coefficient (Wildman–Crippen LogP) is 2.44. The van der Waals surface area contributed by atoms with Crippen molar-refractivity contribution in [1.82, 2.24) is 10.6 Å². The Bertz CT molecular complexity index is 365. The average Bonchev–Trinajstić information content (AvgIpc) is 2.90. The Balaban J connectivity index is 2.52.